The van der Waals surface area contributed by atoms with Crippen molar-refractivity contribution in [2.75, 3.05) is 11.1 Å². The van der Waals surface area contributed by atoms with Crippen LogP contribution in [0.15, 0.2) is 66.0 Å². The Hall–Kier alpha value is -3.45. The second-order valence-electron chi connectivity index (χ2n) is 8.68. The highest BCUT2D eigenvalue weighted by molar-refractivity contribution is 7.99. The number of aromatic nitrogens is 4. The minimum absolute atomic E-state index is 0.0734. The van der Waals surface area contributed by atoms with Gasteiger partial charge in [0.2, 0.25) is 5.91 Å². The summed E-state index contributed by atoms with van der Waals surface area (Å²) in [5, 5.41) is 12.6. The summed E-state index contributed by atoms with van der Waals surface area (Å²) in [5.41, 5.74) is 7.07. The summed E-state index contributed by atoms with van der Waals surface area (Å²) >= 11 is 1.37. The van der Waals surface area contributed by atoms with Gasteiger partial charge >= 0.3 is 0 Å². The van der Waals surface area contributed by atoms with E-state index in [1.165, 1.54) is 17.3 Å². The zero-order valence-corrected chi connectivity index (χ0v) is 21.0. The molecule has 1 amide bonds. The van der Waals surface area contributed by atoms with Crippen LogP contribution in [0.1, 0.15) is 42.0 Å². The predicted molar refractivity (Wildman–Crippen MR) is 139 cm³/mol. The molecule has 0 aliphatic carbocycles. The molecule has 34 heavy (non-hydrogen) atoms. The Bertz CT molecular complexity index is 1310. The van der Waals surface area contributed by atoms with Crippen LogP contribution >= 0.6 is 11.8 Å². The van der Waals surface area contributed by atoms with Gasteiger partial charge in [-0.1, -0.05) is 67.6 Å². The van der Waals surface area contributed by atoms with Crippen molar-refractivity contribution >= 4 is 23.4 Å². The highest BCUT2D eigenvalue weighted by Gasteiger charge is 2.20. The number of carbonyl (C=O) groups is 1. The van der Waals surface area contributed by atoms with Crippen molar-refractivity contribution in [3.63, 3.8) is 0 Å². The van der Waals surface area contributed by atoms with Gasteiger partial charge in [-0.15, -0.1) is 10.2 Å². The number of nitrogens with zero attached hydrogens (tertiary/aromatic N) is 4. The molecule has 6 nitrogen and oxygen atoms in total. The lowest BCUT2D eigenvalue weighted by molar-refractivity contribution is -0.113. The Morgan fingerprint density at radius 3 is 2.53 bits per heavy atom. The fourth-order valence-electron chi connectivity index (χ4n) is 3.95. The third-order valence-electron chi connectivity index (χ3n) is 5.64. The van der Waals surface area contributed by atoms with E-state index in [-0.39, 0.29) is 11.7 Å². The summed E-state index contributed by atoms with van der Waals surface area (Å²) in [4.78, 5) is 17.4. The molecule has 4 aromatic rings. The number of anilines is 1. The fourth-order valence-corrected chi connectivity index (χ4v) is 4.69. The number of thioether (sulfide) groups is 1. The summed E-state index contributed by atoms with van der Waals surface area (Å²) in [6.07, 6.45) is 1.74. The molecule has 0 fully saturated rings. The lowest BCUT2D eigenvalue weighted by atomic mass is 9.98. The third kappa shape index (κ3) is 5.04. The first-order valence-electron chi connectivity index (χ1n) is 11.3. The average molecular weight is 472 g/mol. The molecule has 1 N–H and O–H groups in total. The van der Waals surface area contributed by atoms with Crippen LogP contribution in [0, 0.1) is 20.8 Å². The van der Waals surface area contributed by atoms with Crippen LogP contribution in [0.4, 0.5) is 5.69 Å². The lowest BCUT2D eigenvalue weighted by Gasteiger charge is -2.16. The molecule has 4 rings (SSSR count). The lowest BCUT2D eigenvalue weighted by Crippen LogP contribution is -2.17. The first-order chi connectivity index (χ1) is 16.3. The summed E-state index contributed by atoms with van der Waals surface area (Å²) in [6, 6.07) is 18.1. The molecule has 7 heteroatoms. The van der Waals surface area contributed by atoms with Crippen LogP contribution in [0.5, 0.6) is 0 Å². The summed E-state index contributed by atoms with van der Waals surface area (Å²) in [5.74, 6) is 1.11. The van der Waals surface area contributed by atoms with Crippen molar-refractivity contribution in [3.8, 4) is 17.2 Å². The van der Waals surface area contributed by atoms with E-state index in [2.05, 4.69) is 72.5 Å². The number of rotatable bonds is 7. The van der Waals surface area contributed by atoms with Gasteiger partial charge in [-0.2, -0.15) is 0 Å². The van der Waals surface area contributed by atoms with Gasteiger partial charge in [-0.05, 0) is 61.6 Å². The molecule has 0 radical (unpaired) electrons. The molecule has 0 spiro atoms. The van der Waals surface area contributed by atoms with Crippen LogP contribution in [0.25, 0.3) is 17.2 Å². The average Bonchev–Trinajstić information content (AvgIpc) is 3.23. The largest absolute Gasteiger partial charge is 0.325 e. The van der Waals surface area contributed by atoms with Gasteiger partial charge < -0.3 is 5.32 Å². The maximum atomic E-state index is 12.9. The monoisotopic (exact) mass is 471 g/mol. The van der Waals surface area contributed by atoms with Gasteiger partial charge in [-0.25, -0.2) is 0 Å². The smallest absolute Gasteiger partial charge is 0.234 e. The minimum atomic E-state index is -0.0734. The van der Waals surface area contributed by atoms with Gasteiger partial charge in [0.15, 0.2) is 11.0 Å². The van der Waals surface area contributed by atoms with Gasteiger partial charge in [0.05, 0.1) is 11.4 Å². The number of carbonyl (C=O) groups excluding carboxylic acids is 1. The quantitative estimate of drug-likeness (QED) is 0.329. The van der Waals surface area contributed by atoms with E-state index >= 15 is 0 Å². The second-order valence-corrected chi connectivity index (χ2v) is 9.62. The summed E-state index contributed by atoms with van der Waals surface area (Å²) in [6.45, 7) is 10.4. The van der Waals surface area contributed by atoms with Crippen LogP contribution < -0.4 is 5.32 Å². The van der Waals surface area contributed by atoms with Crippen molar-refractivity contribution in [3.05, 3.63) is 83.0 Å². The van der Waals surface area contributed by atoms with Gasteiger partial charge in [0.1, 0.15) is 5.69 Å². The predicted octanol–water partition coefficient (Wildman–Crippen LogP) is 6.11. The molecule has 0 aliphatic heterocycles. The highest BCUT2D eigenvalue weighted by atomic mass is 32.2. The molecule has 0 atom stereocenters. The maximum Gasteiger partial charge on any atom is 0.234 e. The van der Waals surface area contributed by atoms with Crippen molar-refractivity contribution in [1.29, 1.82) is 0 Å². The number of hydrogen-bond acceptors (Lipinski definition) is 5. The van der Waals surface area contributed by atoms with E-state index in [1.54, 1.807) is 6.20 Å². The molecular weight excluding hydrogens is 442 g/mol. The molecule has 2 aromatic heterocycles. The van der Waals surface area contributed by atoms with E-state index in [9.17, 15) is 4.79 Å². The Labute approximate surface area is 204 Å². The van der Waals surface area contributed by atoms with Crippen molar-refractivity contribution in [2.45, 2.75) is 45.7 Å². The van der Waals surface area contributed by atoms with Crippen molar-refractivity contribution < 1.29 is 4.79 Å². The molecule has 0 aliphatic rings. The van der Waals surface area contributed by atoms with Crippen LogP contribution in [-0.2, 0) is 4.79 Å². The number of benzene rings is 2. The fraction of sp³-hybridized carbons (Fsp3) is 0.259. The minimum Gasteiger partial charge on any atom is -0.325 e. The number of amides is 1. The summed E-state index contributed by atoms with van der Waals surface area (Å²) < 4.78 is 1.99. The molecule has 174 valence electrons. The SMILES string of the molecule is Cc1ccc(-n2c(SCC(=O)Nc3c(C)cccc3C(C)C)nnc2-c2ccccn2)c(C)c1. The number of aryl methyl sites for hydroxylation is 3. The zero-order chi connectivity index (χ0) is 24.2. The second kappa shape index (κ2) is 10.2. The number of nitrogens with one attached hydrogen (secondary N) is 1. The Kier molecular flexibility index (Phi) is 7.12. The standard InChI is InChI=1S/C27H29N5OS/c1-17(2)21-10-8-9-19(4)25(21)29-24(33)16-34-27-31-30-26(22-11-6-7-14-28-22)32(27)23-13-12-18(3)15-20(23)5/h6-15,17H,16H2,1-5H3,(H,29,33). The molecule has 0 saturated carbocycles. The molecule has 0 bridgehead atoms. The Balaban J connectivity index is 1.63. The number of hydrogen-bond donors (Lipinski definition) is 1. The van der Waals surface area contributed by atoms with E-state index in [0.717, 1.165) is 33.8 Å². The number of pyridine rings is 1. The topological polar surface area (TPSA) is 72.7 Å². The van der Waals surface area contributed by atoms with Crippen molar-refractivity contribution in [1.82, 2.24) is 19.7 Å². The third-order valence-corrected chi connectivity index (χ3v) is 6.57. The first-order valence-corrected chi connectivity index (χ1v) is 12.3. The maximum absolute atomic E-state index is 12.9. The van der Waals surface area contributed by atoms with Crippen molar-refractivity contribution in [2.24, 2.45) is 0 Å². The summed E-state index contributed by atoms with van der Waals surface area (Å²) in [7, 11) is 0. The van der Waals surface area contributed by atoms with Gasteiger partial charge in [0.25, 0.3) is 0 Å². The van der Waals surface area contributed by atoms with Crippen LogP contribution in [0.3, 0.4) is 0 Å². The van der Waals surface area contributed by atoms with Crippen LogP contribution in [0.2, 0.25) is 0 Å². The van der Waals surface area contributed by atoms with E-state index < -0.39 is 0 Å². The normalized spacial score (nSPS) is 11.1. The van der Waals surface area contributed by atoms with E-state index in [1.807, 2.05) is 41.8 Å². The molecule has 2 heterocycles. The van der Waals surface area contributed by atoms with E-state index in [0.29, 0.717) is 16.9 Å². The Morgan fingerprint density at radius 2 is 1.82 bits per heavy atom. The van der Waals surface area contributed by atoms with E-state index in [4.69, 9.17) is 0 Å². The molecular formula is C27H29N5OS. The molecule has 2 aromatic carbocycles. The molecule has 0 saturated heterocycles. The number of para-hydroxylation sites is 1. The molecule has 0 unspecified atom stereocenters. The van der Waals surface area contributed by atoms with Gasteiger partial charge in [0, 0.05) is 11.9 Å². The van der Waals surface area contributed by atoms with Gasteiger partial charge in [-0.3, -0.25) is 14.3 Å². The van der Waals surface area contributed by atoms with Crippen LogP contribution in [-0.4, -0.2) is 31.4 Å². The first kappa shape index (κ1) is 23.7. The Morgan fingerprint density at radius 1 is 1.00 bits per heavy atom. The zero-order valence-electron chi connectivity index (χ0n) is 20.2. The highest BCUT2D eigenvalue weighted by Crippen LogP contribution is 2.30.